The predicted molar refractivity (Wildman–Crippen MR) is 155 cm³/mol. The lowest BCUT2D eigenvalue weighted by Gasteiger charge is -2.43. The van der Waals surface area contributed by atoms with Gasteiger partial charge < -0.3 is 28.8 Å². The zero-order valence-electron chi connectivity index (χ0n) is 26.6. The predicted octanol–water partition coefficient (Wildman–Crippen LogP) is 4.53. The van der Waals surface area contributed by atoms with Crippen LogP contribution < -0.4 is 0 Å². The molecule has 0 aromatic heterocycles. The molecule has 1 aliphatic carbocycles. The third-order valence-electron chi connectivity index (χ3n) is 8.21. The van der Waals surface area contributed by atoms with E-state index in [1.165, 1.54) is 13.8 Å². The van der Waals surface area contributed by atoms with E-state index >= 15 is 0 Å². The van der Waals surface area contributed by atoms with Crippen molar-refractivity contribution in [2.24, 2.45) is 11.8 Å². The number of aliphatic hydroxyl groups is 1. The first-order valence-corrected chi connectivity index (χ1v) is 14.5. The molecule has 0 aromatic rings. The molecule has 2 rings (SSSR count). The standard InChI is InChI=1S/C32H48O10/c1-12-19(7)29(35)39-24-16-25-32(11,42-25)28(41-30(36)20(8)13-2)27(40-26(34)14-17(3)4)22(18(5)6)15-23(31(24,10)37)38-21(9)33/h12-13,17,22-25,27-28,37H,5,14-16H2,1-4,6-11H3/b19-12-,20-13-. The second kappa shape index (κ2) is 14.0. The topological polar surface area (TPSA) is 138 Å². The molecule has 0 radical (unpaired) electrons. The van der Waals surface area contributed by atoms with Gasteiger partial charge in [-0.05, 0) is 60.8 Å². The van der Waals surface area contributed by atoms with Crippen LogP contribution in [0.1, 0.15) is 88.5 Å². The van der Waals surface area contributed by atoms with Crippen molar-refractivity contribution < 1.29 is 48.0 Å². The van der Waals surface area contributed by atoms with E-state index < -0.39 is 71.5 Å². The monoisotopic (exact) mass is 592 g/mol. The van der Waals surface area contributed by atoms with Gasteiger partial charge in [0, 0.05) is 36.8 Å². The van der Waals surface area contributed by atoms with E-state index in [1.54, 1.807) is 53.7 Å². The summed E-state index contributed by atoms with van der Waals surface area (Å²) >= 11 is 0. The third kappa shape index (κ3) is 8.31. The molecule has 1 heterocycles. The second-order valence-electron chi connectivity index (χ2n) is 12.3. The summed E-state index contributed by atoms with van der Waals surface area (Å²) in [4.78, 5) is 51.4. The van der Waals surface area contributed by atoms with Crippen molar-refractivity contribution >= 4 is 23.9 Å². The minimum absolute atomic E-state index is 0.00214. The normalized spacial score (nSPS) is 33.6. The molecule has 1 aliphatic heterocycles. The summed E-state index contributed by atoms with van der Waals surface area (Å²) in [6.45, 7) is 20.6. The number of epoxide rings is 1. The van der Waals surface area contributed by atoms with Gasteiger partial charge in [-0.3, -0.25) is 9.59 Å². The maximum absolute atomic E-state index is 13.1. The van der Waals surface area contributed by atoms with E-state index in [1.807, 2.05) is 13.8 Å². The summed E-state index contributed by atoms with van der Waals surface area (Å²) < 4.78 is 29.7. The quantitative estimate of drug-likeness (QED) is 0.134. The fourth-order valence-corrected chi connectivity index (χ4v) is 5.13. The molecule has 8 atom stereocenters. The summed E-state index contributed by atoms with van der Waals surface area (Å²) in [5, 5.41) is 11.9. The largest absolute Gasteiger partial charge is 0.459 e. The van der Waals surface area contributed by atoms with Crippen LogP contribution in [0.5, 0.6) is 0 Å². The van der Waals surface area contributed by atoms with Gasteiger partial charge >= 0.3 is 23.9 Å². The minimum atomic E-state index is -1.88. The van der Waals surface area contributed by atoms with E-state index in [0.717, 1.165) is 0 Å². The fourth-order valence-electron chi connectivity index (χ4n) is 5.13. The van der Waals surface area contributed by atoms with E-state index in [2.05, 4.69) is 6.58 Å². The van der Waals surface area contributed by atoms with Crippen LogP contribution in [0.15, 0.2) is 35.5 Å². The van der Waals surface area contributed by atoms with Gasteiger partial charge in [-0.15, -0.1) is 0 Å². The number of esters is 4. The maximum Gasteiger partial charge on any atom is 0.333 e. The van der Waals surface area contributed by atoms with Crippen LogP contribution in [0.4, 0.5) is 0 Å². The van der Waals surface area contributed by atoms with Gasteiger partial charge in [0.05, 0.1) is 6.10 Å². The van der Waals surface area contributed by atoms with Crippen molar-refractivity contribution in [3.63, 3.8) is 0 Å². The highest BCUT2D eigenvalue weighted by molar-refractivity contribution is 5.88. The summed E-state index contributed by atoms with van der Waals surface area (Å²) in [5.74, 6) is -3.19. The molecule has 0 aromatic carbocycles. The highest BCUT2D eigenvalue weighted by atomic mass is 16.7. The number of hydrogen-bond acceptors (Lipinski definition) is 10. The number of ether oxygens (including phenoxy) is 5. The lowest BCUT2D eigenvalue weighted by Crippen LogP contribution is -2.58. The van der Waals surface area contributed by atoms with Crippen molar-refractivity contribution in [1.82, 2.24) is 0 Å². The molecular formula is C32H48O10. The van der Waals surface area contributed by atoms with Gasteiger partial charge in [0.2, 0.25) is 0 Å². The number of fused-ring (bicyclic) bond motifs is 1. The van der Waals surface area contributed by atoms with Crippen molar-refractivity contribution in [3.05, 3.63) is 35.5 Å². The smallest absolute Gasteiger partial charge is 0.333 e. The molecule has 0 amide bonds. The Labute approximate surface area is 249 Å². The molecule has 10 heteroatoms. The molecule has 10 nitrogen and oxygen atoms in total. The molecule has 0 spiro atoms. The van der Waals surface area contributed by atoms with Crippen molar-refractivity contribution in [2.75, 3.05) is 0 Å². The Hall–Kier alpha value is -2.98. The Morgan fingerprint density at radius 2 is 1.43 bits per heavy atom. The second-order valence-corrected chi connectivity index (χ2v) is 12.3. The molecule has 2 aliphatic rings. The summed E-state index contributed by atoms with van der Waals surface area (Å²) in [7, 11) is 0. The number of rotatable bonds is 9. The Morgan fingerprint density at radius 3 is 1.90 bits per heavy atom. The molecule has 1 N–H and O–H groups in total. The average molecular weight is 593 g/mol. The zero-order valence-corrected chi connectivity index (χ0v) is 26.6. The third-order valence-corrected chi connectivity index (χ3v) is 8.21. The Balaban J connectivity index is 2.75. The molecule has 1 saturated carbocycles. The van der Waals surface area contributed by atoms with Crippen LogP contribution in [0, 0.1) is 11.8 Å². The van der Waals surface area contributed by atoms with Crippen molar-refractivity contribution in [1.29, 1.82) is 0 Å². The highest BCUT2D eigenvalue weighted by Crippen LogP contribution is 2.50. The molecular weight excluding hydrogens is 544 g/mol. The Kier molecular flexibility index (Phi) is 11.7. The maximum atomic E-state index is 13.1. The van der Waals surface area contributed by atoms with Gasteiger partial charge in [-0.2, -0.15) is 0 Å². The average Bonchev–Trinajstić information content (AvgIpc) is 3.55. The Morgan fingerprint density at radius 1 is 0.905 bits per heavy atom. The Bertz CT molecular complexity index is 1120. The summed E-state index contributed by atoms with van der Waals surface area (Å²) in [6.07, 6.45) is -2.02. The van der Waals surface area contributed by atoms with Gasteiger partial charge in [0.25, 0.3) is 0 Å². The van der Waals surface area contributed by atoms with Gasteiger partial charge in [0.1, 0.15) is 29.5 Å². The molecule has 42 heavy (non-hydrogen) atoms. The number of carbonyl (C=O) groups excluding carboxylic acids is 4. The number of allylic oxidation sites excluding steroid dienone is 2. The lowest BCUT2D eigenvalue weighted by molar-refractivity contribution is -0.198. The SMILES string of the molecule is C=C(C)C1CC(OC(C)=O)C(C)(O)C(OC(=O)/C(C)=C\C)CC2OC2(C)C(OC(=O)/C(C)=C\C)C1OC(=O)CC(C)C. The van der Waals surface area contributed by atoms with E-state index in [0.29, 0.717) is 16.7 Å². The van der Waals surface area contributed by atoms with Crippen LogP contribution >= 0.6 is 0 Å². The van der Waals surface area contributed by atoms with Crippen molar-refractivity contribution in [3.8, 4) is 0 Å². The van der Waals surface area contributed by atoms with Crippen LogP contribution in [-0.4, -0.2) is 70.7 Å². The molecule has 8 unspecified atom stereocenters. The number of hydrogen-bond donors (Lipinski definition) is 1. The molecule has 236 valence electrons. The zero-order chi connectivity index (χ0) is 32.2. The molecule has 0 bridgehead atoms. The van der Waals surface area contributed by atoms with Crippen LogP contribution in [-0.2, 0) is 42.9 Å². The van der Waals surface area contributed by atoms with Crippen LogP contribution in [0.25, 0.3) is 0 Å². The number of carbonyl (C=O) groups is 4. The van der Waals surface area contributed by atoms with Gasteiger partial charge in [-0.1, -0.05) is 38.2 Å². The van der Waals surface area contributed by atoms with Gasteiger partial charge in [0.15, 0.2) is 6.10 Å². The van der Waals surface area contributed by atoms with Crippen LogP contribution in [0.3, 0.4) is 0 Å². The van der Waals surface area contributed by atoms with Gasteiger partial charge in [-0.25, -0.2) is 9.59 Å². The van der Waals surface area contributed by atoms with E-state index in [9.17, 15) is 24.3 Å². The first-order valence-electron chi connectivity index (χ1n) is 14.5. The van der Waals surface area contributed by atoms with Crippen molar-refractivity contribution in [2.45, 2.75) is 130 Å². The lowest BCUT2D eigenvalue weighted by atomic mass is 9.75. The van der Waals surface area contributed by atoms with Crippen LogP contribution in [0.2, 0.25) is 0 Å². The molecule has 1 saturated heterocycles. The van der Waals surface area contributed by atoms with E-state index in [-0.39, 0.29) is 25.2 Å². The molecule has 2 fully saturated rings. The summed E-state index contributed by atoms with van der Waals surface area (Å²) in [5.41, 5.74) is -1.83. The highest BCUT2D eigenvalue weighted by Gasteiger charge is 2.66. The summed E-state index contributed by atoms with van der Waals surface area (Å²) in [6, 6.07) is 0. The van der Waals surface area contributed by atoms with E-state index in [4.69, 9.17) is 23.7 Å². The first-order chi connectivity index (χ1) is 19.4. The first kappa shape index (κ1) is 35.2. The fraction of sp³-hybridized carbons (Fsp3) is 0.688. The minimum Gasteiger partial charge on any atom is -0.459 e.